The van der Waals surface area contributed by atoms with Gasteiger partial charge < -0.3 is 5.32 Å². The van der Waals surface area contributed by atoms with Crippen LogP contribution in [0.2, 0.25) is 0 Å². The van der Waals surface area contributed by atoms with Crippen molar-refractivity contribution in [3.05, 3.63) is 0 Å². The predicted molar refractivity (Wildman–Crippen MR) is 74.5 cm³/mol. The lowest BCUT2D eigenvalue weighted by Crippen LogP contribution is -2.53. The van der Waals surface area contributed by atoms with Crippen LogP contribution in [0, 0.1) is 5.92 Å². The number of sulfone groups is 1. The Morgan fingerprint density at radius 2 is 2.17 bits per heavy atom. The third kappa shape index (κ3) is 3.68. The lowest BCUT2D eigenvalue weighted by molar-refractivity contribution is 0.185. The van der Waals surface area contributed by atoms with E-state index in [1.165, 1.54) is 6.42 Å². The van der Waals surface area contributed by atoms with Crippen molar-refractivity contribution < 1.29 is 8.42 Å². The van der Waals surface area contributed by atoms with E-state index < -0.39 is 9.84 Å². The monoisotopic (exact) mass is 274 g/mol. The second-order valence-corrected chi connectivity index (χ2v) is 8.57. The summed E-state index contributed by atoms with van der Waals surface area (Å²) in [5.74, 6) is 1.09. The first-order valence-electron chi connectivity index (χ1n) is 7.14. The van der Waals surface area contributed by atoms with E-state index in [1.807, 2.05) is 0 Å². The molecule has 2 atom stereocenters. The topological polar surface area (TPSA) is 49.4 Å². The highest BCUT2D eigenvalue weighted by Gasteiger charge is 2.33. The summed E-state index contributed by atoms with van der Waals surface area (Å²) in [6.45, 7) is 8.21. The minimum atomic E-state index is -2.79. The van der Waals surface area contributed by atoms with Gasteiger partial charge >= 0.3 is 0 Å². The fourth-order valence-corrected chi connectivity index (χ4v) is 5.00. The lowest BCUT2D eigenvalue weighted by Gasteiger charge is -2.35. The summed E-state index contributed by atoms with van der Waals surface area (Å²) in [5.41, 5.74) is 0. The highest BCUT2D eigenvalue weighted by atomic mass is 32.2. The van der Waals surface area contributed by atoms with Gasteiger partial charge in [0.2, 0.25) is 0 Å². The fraction of sp³-hybridized carbons (Fsp3) is 1.00. The van der Waals surface area contributed by atoms with Crippen molar-refractivity contribution in [1.82, 2.24) is 10.2 Å². The van der Waals surface area contributed by atoms with E-state index in [0.717, 1.165) is 39.0 Å². The van der Waals surface area contributed by atoms with Crippen LogP contribution in [0.4, 0.5) is 0 Å². The van der Waals surface area contributed by atoms with Crippen LogP contribution in [0.5, 0.6) is 0 Å². The van der Waals surface area contributed by atoms with E-state index in [2.05, 4.69) is 24.1 Å². The maximum absolute atomic E-state index is 11.9. The van der Waals surface area contributed by atoms with Crippen molar-refractivity contribution in [2.24, 2.45) is 5.92 Å². The highest BCUT2D eigenvalue weighted by Crippen LogP contribution is 2.21. The van der Waals surface area contributed by atoms with Gasteiger partial charge in [0.25, 0.3) is 0 Å². The molecule has 2 saturated heterocycles. The molecule has 0 saturated carbocycles. The SMILES string of the molecule is CC(C)CC1CN(CC2CCCS2(=O)=O)CCN1. The van der Waals surface area contributed by atoms with E-state index in [9.17, 15) is 8.42 Å². The van der Waals surface area contributed by atoms with Gasteiger partial charge in [0.1, 0.15) is 0 Å². The first kappa shape index (κ1) is 14.3. The molecule has 2 rings (SSSR count). The van der Waals surface area contributed by atoms with Gasteiger partial charge in [0, 0.05) is 32.2 Å². The van der Waals surface area contributed by atoms with Crippen LogP contribution in [-0.2, 0) is 9.84 Å². The standard InChI is InChI=1S/C13H26N2O2S/c1-11(2)8-12-9-15(6-5-14-12)10-13-4-3-7-18(13,16)17/h11-14H,3-10H2,1-2H3. The number of nitrogens with one attached hydrogen (secondary N) is 1. The van der Waals surface area contributed by atoms with Gasteiger partial charge in [-0.15, -0.1) is 0 Å². The van der Waals surface area contributed by atoms with Gasteiger partial charge in [-0.2, -0.15) is 0 Å². The smallest absolute Gasteiger partial charge is 0.154 e. The Bertz CT molecular complexity index is 367. The summed E-state index contributed by atoms with van der Waals surface area (Å²) in [7, 11) is -2.79. The molecule has 0 aromatic carbocycles. The Kier molecular flexibility index (Phi) is 4.67. The highest BCUT2D eigenvalue weighted by molar-refractivity contribution is 7.92. The summed E-state index contributed by atoms with van der Waals surface area (Å²) >= 11 is 0. The van der Waals surface area contributed by atoms with Gasteiger partial charge in [0.15, 0.2) is 9.84 Å². The zero-order valence-electron chi connectivity index (χ0n) is 11.6. The van der Waals surface area contributed by atoms with Crippen molar-refractivity contribution in [2.45, 2.75) is 44.4 Å². The number of nitrogens with zero attached hydrogens (tertiary/aromatic N) is 1. The van der Waals surface area contributed by atoms with Crippen molar-refractivity contribution >= 4 is 9.84 Å². The Morgan fingerprint density at radius 3 is 2.78 bits per heavy atom. The van der Waals surface area contributed by atoms with Gasteiger partial charge in [-0.1, -0.05) is 13.8 Å². The second kappa shape index (κ2) is 5.88. The summed E-state index contributed by atoms with van der Waals surface area (Å²) in [6, 6.07) is 0.530. The van der Waals surface area contributed by atoms with Crippen LogP contribution in [0.15, 0.2) is 0 Å². The molecule has 0 aromatic rings. The molecule has 2 aliphatic rings. The van der Waals surface area contributed by atoms with Crippen molar-refractivity contribution in [2.75, 3.05) is 31.9 Å². The van der Waals surface area contributed by atoms with E-state index in [4.69, 9.17) is 0 Å². The number of hydrogen-bond acceptors (Lipinski definition) is 4. The zero-order chi connectivity index (χ0) is 13.2. The van der Waals surface area contributed by atoms with Crippen molar-refractivity contribution in [3.63, 3.8) is 0 Å². The fourth-order valence-electron chi connectivity index (χ4n) is 3.14. The molecule has 1 N–H and O–H groups in total. The maximum atomic E-state index is 11.9. The summed E-state index contributed by atoms with van der Waals surface area (Å²) in [5, 5.41) is 3.43. The van der Waals surface area contributed by atoms with Gasteiger partial charge in [-0.05, 0) is 25.2 Å². The Labute approximate surface area is 111 Å². The van der Waals surface area contributed by atoms with Crippen LogP contribution in [0.1, 0.15) is 33.1 Å². The van der Waals surface area contributed by atoms with E-state index in [1.54, 1.807) is 0 Å². The van der Waals surface area contributed by atoms with Crippen molar-refractivity contribution in [1.29, 1.82) is 0 Å². The molecule has 2 unspecified atom stereocenters. The Balaban J connectivity index is 1.86. The average molecular weight is 274 g/mol. The molecule has 106 valence electrons. The number of hydrogen-bond donors (Lipinski definition) is 1. The second-order valence-electron chi connectivity index (χ2n) is 6.17. The Morgan fingerprint density at radius 1 is 1.39 bits per heavy atom. The molecule has 0 bridgehead atoms. The third-order valence-corrected chi connectivity index (χ3v) is 6.28. The molecule has 0 spiro atoms. The largest absolute Gasteiger partial charge is 0.311 e. The molecular formula is C13H26N2O2S. The molecule has 5 heteroatoms. The zero-order valence-corrected chi connectivity index (χ0v) is 12.4. The molecular weight excluding hydrogens is 248 g/mol. The van der Waals surface area contributed by atoms with Gasteiger partial charge in [0.05, 0.1) is 11.0 Å². The quantitative estimate of drug-likeness (QED) is 0.827. The van der Waals surface area contributed by atoms with Crippen LogP contribution < -0.4 is 5.32 Å². The van der Waals surface area contributed by atoms with E-state index in [0.29, 0.717) is 17.7 Å². The first-order valence-corrected chi connectivity index (χ1v) is 8.86. The minimum absolute atomic E-state index is 0.102. The summed E-state index contributed by atoms with van der Waals surface area (Å²) in [6.07, 6.45) is 2.89. The Hall–Kier alpha value is -0.130. The molecule has 0 aromatic heterocycles. The van der Waals surface area contributed by atoms with Gasteiger partial charge in [-0.25, -0.2) is 8.42 Å². The molecule has 2 heterocycles. The predicted octanol–water partition coefficient (Wildman–Crippen LogP) is 0.884. The number of rotatable bonds is 4. The van der Waals surface area contributed by atoms with Gasteiger partial charge in [-0.3, -0.25) is 4.90 Å². The van der Waals surface area contributed by atoms with E-state index >= 15 is 0 Å². The minimum Gasteiger partial charge on any atom is -0.311 e. The molecule has 2 fully saturated rings. The molecule has 0 radical (unpaired) electrons. The molecule has 4 nitrogen and oxygen atoms in total. The van der Waals surface area contributed by atoms with E-state index in [-0.39, 0.29) is 5.25 Å². The molecule has 2 aliphatic heterocycles. The molecule has 0 amide bonds. The normalized spacial score (nSPS) is 33.1. The van der Waals surface area contributed by atoms with Crippen LogP contribution in [0.3, 0.4) is 0 Å². The molecule has 18 heavy (non-hydrogen) atoms. The first-order chi connectivity index (χ1) is 8.47. The maximum Gasteiger partial charge on any atom is 0.154 e. The van der Waals surface area contributed by atoms with Crippen LogP contribution in [0.25, 0.3) is 0 Å². The third-order valence-electron chi connectivity index (χ3n) is 4.02. The lowest BCUT2D eigenvalue weighted by atomic mass is 10.0. The van der Waals surface area contributed by atoms with Crippen LogP contribution in [-0.4, -0.2) is 56.5 Å². The summed E-state index contributed by atoms with van der Waals surface area (Å²) in [4.78, 5) is 2.34. The summed E-state index contributed by atoms with van der Waals surface area (Å²) < 4.78 is 23.7. The average Bonchev–Trinajstić information content (AvgIpc) is 2.58. The van der Waals surface area contributed by atoms with Crippen molar-refractivity contribution in [3.8, 4) is 0 Å². The molecule has 0 aliphatic carbocycles. The number of piperazine rings is 1. The van der Waals surface area contributed by atoms with Crippen LogP contribution >= 0.6 is 0 Å².